The highest BCUT2D eigenvalue weighted by Gasteiger charge is 2.34. The van der Waals surface area contributed by atoms with Gasteiger partial charge >= 0.3 is 18.2 Å². The van der Waals surface area contributed by atoms with Crippen molar-refractivity contribution in [1.82, 2.24) is 25.2 Å². The van der Waals surface area contributed by atoms with Crippen molar-refractivity contribution in [3.8, 4) is 21.7 Å². The van der Waals surface area contributed by atoms with E-state index in [-0.39, 0.29) is 50.4 Å². The first-order valence-corrected chi connectivity index (χ1v) is 13.0. The Balaban J connectivity index is 2.02. The van der Waals surface area contributed by atoms with Gasteiger partial charge in [-0.3, -0.25) is 10.1 Å². The predicted molar refractivity (Wildman–Crippen MR) is 146 cm³/mol. The molecule has 2 amide bonds. The fourth-order valence-corrected chi connectivity index (χ4v) is 4.96. The highest BCUT2D eigenvalue weighted by atomic mass is 32.1. The molecule has 0 aliphatic carbocycles. The van der Waals surface area contributed by atoms with Crippen LogP contribution in [0.4, 0.5) is 28.2 Å². The van der Waals surface area contributed by atoms with E-state index in [2.05, 4.69) is 25.6 Å². The van der Waals surface area contributed by atoms with Crippen LogP contribution >= 0.6 is 11.3 Å². The monoisotopic (exact) mass is 592 g/mol. The number of alkyl halides is 3. The molecule has 0 spiro atoms. The Hall–Kier alpha value is -4.37. The Morgan fingerprint density at radius 1 is 1.17 bits per heavy atom. The number of pyridine rings is 2. The Morgan fingerprint density at radius 3 is 2.51 bits per heavy atom. The standard InChI is InChI=1S/C26H24F4N6O4S/c1-4-31-25(40)35-19-8-14(23-34-18(11-41-23)26(28,29)30)16(9-32-19)13-7-15-21(12(20(13)27)5-6-36(2)3)33-10-17(22(15)37)24(38)39/h7-11H,4-6H2,1-3H3,(H,33,37)(H,38,39)(H2,31,32,35,40). The number of fused-ring (bicyclic) bond motifs is 1. The fourth-order valence-electron chi connectivity index (χ4n) is 4.10. The van der Waals surface area contributed by atoms with Gasteiger partial charge in [0.2, 0.25) is 5.43 Å². The van der Waals surface area contributed by atoms with Gasteiger partial charge in [0, 0.05) is 58.5 Å². The number of carbonyl (C=O) groups excluding carboxylic acids is 1. The number of urea groups is 1. The van der Waals surface area contributed by atoms with Crippen molar-refractivity contribution >= 4 is 40.1 Å². The van der Waals surface area contributed by atoms with Crippen molar-refractivity contribution in [3.05, 3.63) is 62.8 Å². The molecule has 3 aromatic heterocycles. The summed E-state index contributed by atoms with van der Waals surface area (Å²) in [5.74, 6) is -2.31. The lowest BCUT2D eigenvalue weighted by Crippen LogP contribution is -2.28. The highest BCUT2D eigenvalue weighted by Crippen LogP contribution is 2.40. The van der Waals surface area contributed by atoms with Crippen molar-refractivity contribution in [2.45, 2.75) is 19.5 Å². The molecule has 4 rings (SSSR count). The number of benzene rings is 1. The van der Waals surface area contributed by atoms with E-state index in [0.29, 0.717) is 24.4 Å². The minimum atomic E-state index is -4.74. The molecule has 0 bridgehead atoms. The molecule has 0 aliphatic heterocycles. The summed E-state index contributed by atoms with van der Waals surface area (Å²) in [6.45, 7) is 2.34. The largest absolute Gasteiger partial charge is 0.477 e. The number of carbonyl (C=O) groups is 2. The summed E-state index contributed by atoms with van der Waals surface area (Å²) in [5, 5.41) is 15.0. The number of hydrogen-bond donors (Lipinski definition) is 4. The molecule has 10 nitrogen and oxygen atoms in total. The molecule has 41 heavy (non-hydrogen) atoms. The van der Waals surface area contributed by atoms with Gasteiger partial charge in [-0.25, -0.2) is 23.9 Å². The van der Waals surface area contributed by atoms with Crippen molar-refractivity contribution in [3.63, 3.8) is 0 Å². The van der Waals surface area contributed by atoms with Crippen LogP contribution in [-0.2, 0) is 12.6 Å². The minimum Gasteiger partial charge on any atom is -0.477 e. The molecule has 4 aromatic rings. The van der Waals surface area contributed by atoms with Gasteiger partial charge in [0.15, 0.2) is 5.69 Å². The summed E-state index contributed by atoms with van der Waals surface area (Å²) in [4.78, 5) is 49.2. The molecule has 0 unspecified atom stereocenters. The molecular formula is C26H24F4N6O4S. The summed E-state index contributed by atoms with van der Waals surface area (Å²) < 4.78 is 56.4. The van der Waals surface area contributed by atoms with E-state index in [1.807, 2.05) is 0 Å². The molecule has 0 atom stereocenters. The van der Waals surface area contributed by atoms with Gasteiger partial charge in [-0.15, -0.1) is 11.3 Å². The van der Waals surface area contributed by atoms with Crippen LogP contribution in [0.25, 0.3) is 32.6 Å². The summed E-state index contributed by atoms with van der Waals surface area (Å²) in [5.41, 5.74) is -2.62. The van der Waals surface area contributed by atoms with Gasteiger partial charge in [-0.2, -0.15) is 13.2 Å². The van der Waals surface area contributed by atoms with Crippen LogP contribution in [-0.4, -0.2) is 64.1 Å². The van der Waals surface area contributed by atoms with Gasteiger partial charge in [-0.1, -0.05) is 0 Å². The summed E-state index contributed by atoms with van der Waals surface area (Å²) in [7, 11) is 3.52. The van der Waals surface area contributed by atoms with Crippen LogP contribution in [0.15, 0.2) is 34.7 Å². The molecule has 216 valence electrons. The number of carboxylic acids is 1. The van der Waals surface area contributed by atoms with Crippen LogP contribution in [0, 0.1) is 5.82 Å². The molecular weight excluding hydrogens is 568 g/mol. The number of thiazole rings is 1. The maximum atomic E-state index is 16.3. The number of H-pyrrole nitrogens is 1. The number of aromatic carboxylic acids is 1. The normalized spacial score (nSPS) is 11.7. The first-order valence-electron chi connectivity index (χ1n) is 12.1. The van der Waals surface area contributed by atoms with Crippen LogP contribution < -0.4 is 16.1 Å². The van der Waals surface area contributed by atoms with Crippen LogP contribution in [0.3, 0.4) is 0 Å². The zero-order chi connectivity index (χ0) is 30.1. The highest BCUT2D eigenvalue weighted by molar-refractivity contribution is 7.13. The third kappa shape index (κ3) is 6.20. The molecule has 0 aliphatic rings. The van der Waals surface area contributed by atoms with Gasteiger partial charge in [-0.05, 0) is 39.6 Å². The van der Waals surface area contributed by atoms with Crippen molar-refractivity contribution in [1.29, 1.82) is 0 Å². The molecule has 4 N–H and O–H groups in total. The van der Waals surface area contributed by atoms with E-state index in [4.69, 9.17) is 0 Å². The van der Waals surface area contributed by atoms with Crippen molar-refractivity contribution in [2.24, 2.45) is 0 Å². The minimum absolute atomic E-state index is 0.00919. The Labute approximate surface area is 234 Å². The number of amides is 2. The summed E-state index contributed by atoms with van der Waals surface area (Å²) in [6.07, 6.45) is -2.48. The average molecular weight is 593 g/mol. The van der Waals surface area contributed by atoms with Crippen LogP contribution in [0.2, 0.25) is 0 Å². The summed E-state index contributed by atoms with van der Waals surface area (Å²) >= 11 is 0.652. The van der Waals surface area contributed by atoms with Crippen LogP contribution in [0.1, 0.15) is 28.5 Å². The zero-order valence-electron chi connectivity index (χ0n) is 21.9. The smallest absolute Gasteiger partial charge is 0.434 e. The number of hydrogen-bond acceptors (Lipinski definition) is 7. The predicted octanol–water partition coefficient (Wildman–Crippen LogP) is 4.82. The van der Waals surface area contributed by atoms with E-state index in [9.17, 15) is 32.7 Å². The van der Waals surface area contributed by atoms with E-state index in [1.54, 1.807) is 25.9 Å². The molecule has 0 fully saturated rings. The number of rotatable bonds is 8. The molecule has 1 aromatic carbocycles. The average Bonchev–Trinajstić information content (AvgIpc) is 3.39. The Bertz CT molecular complexity index is 1700. The van der Waals surface area contributed by atoms with Gasteiger partial charge in [0.25, 0.3) is 0 Å². The Kier molecular flexibility index (Phi) is 8.39. The molecule has 0 saturated carbocycles. The van der Waals surface area contributed by atoms with E-state index >= 15 is 4.39 Å². The van der Waals surface area contributed by atoms with E-state index < -0.39 is 40.7 Å². The second-order valence-corrected chi connectivity index (χ2v) is 10.0. The fraction of sp³-hybridized carbons (Fsp3) is 0.269. The van der Waals surface area contributed by atoms with Crippen molar-refractivity contribution in [2.75, 3.05) is 32.5 Å². The number of aromatic nitrogens is 3. The number of halogens is 4. The number of nitrogens with one attached hydrogen (secondary N) is 3. The number of aromatic amines is 1. The number of nitrogens with zero attached hydrogens (tertiary/aromatic N) is 3. The van der Waals surface area contributed by atoms with E-state index in [0.717, 1.165) is 23.8 Å². The second kappa shape index (κ2) is 11.6. The molecule has 3 heterocycles. The third-order valence-corrected chi connectivity index (χ3v) is 6.92. The Morgan fingerprint density at radius 2 is 1.90 bits per heavy atom. The summed E-state index contributed by atoms with van der Waals surface area (Å²) in [6, 6.07) is 1.78. The first kappa shape index (κ1) is 29.6. The molecule has 15 heteroatoms. The lowest BCUT2D eigenvalue weighted by molar-refractivity contribution is -0.140. The van der Waals surface area contributed by atoms with Gasteiger partial charge < -0.3 is 20.3 Å². The first-order chi connectivity index (χ1) is 19.3. The number of carboxylic acid groups (broad SMARTS) is 1. The maximum absolute atomic E-state index is 16.3. The quantitative estimate of drug-likeness (QED) is 0.215. The number of likely N-dealkylation sites (N-methyl/N-ethyl adjacent to an activating group) is 1. The van der Waals surface area contributed by atoms with Gasteiger partial charge in [0.1, 0.15) is 22.2 Å². The number of anilines is 1. The van der Waals surface area contributed by atoms with Gasteiger partial charge in [0.05, 0.1) is 5.52 Å². The lowest BCUT2D eigenvalue weighted by atomic mass is 9.94. The zero-order valence-corrected chi connectivity index (χ0v) is 22.8. The third-order valence-electron chi connectivity index (χ3n) is 6.05. The molecule has 0 radical (unpaired) electrons. The van der Waals surface area contributed by atoms with Crippen LogP contribution in [0.5, 0.6) is 0 Å². The second-order valence-electron chi connectivity index (χ2n) is 9.16. The SMILES string of the molecule is CCNC(=O)Nc1cc(-c2nc(C(F)(F)F)cs2)c(-c2cc3c(=O)c(C(=O)O)c[nH]c3c(CCN(C)C)c2F)cn1. The topological polar surface area (TPSA) is 140 Å². The lowest BCUT2D eigenvalue weighted by Gasteiger charge is -2.17. The maximum Gasteiger partial charge on any atom is 0.434 e. The van der Waals surface area contributed by atoms with E-state index in [1.165, 1.54) is 6.07 Å². The molecule has 0 saturated heterocycles. The van der Waals surface area contributed by atoms with Crippen molar-refractivity contribution < 1.29 is 32.3 Å².